The molecule has 1 aromatic carbocycles. The minimum atomic E-state index is -0.390. The van der Waals surface area contributed by atoms with Crippen LogP contribution in [0.4, 0.5) is 5.69 Å². The van der Waals surface area contributed by atoms with Crippen LogP contribution in [0.5, 0.6) is 0 Å². The molecule has 2 N–H and O–H groups in total. The van der Waals surface area contributed by atoms with Gasteiger partial charge in [-0.05, 0) is 38.0 Å². The van der Waals surface area contributed by atoms with Gasteiger partial charge in [0.05, 0.1) is 22.3 Å². The molecule has 0 radical (unpaired) electrons. The summed E-state index contributed by atoms with van der Waals surface area (Å²) in [5.41, 5.74) is 1.13. The van der Waals surface area contributed by atoms with Gasteiger partial charge in [0.1, 0.15) is 6.04 Å². The van der Waals surface area contributed by atoms with Gasteiger partial charge in [-0.3, -0.25) is 4.79 Å². The fraction of sp³-hybridized carbons (Fsp3) is 0.500. The second kappa shape index (κ2) is 7.33. The normalized spacial score (nSPS) is 16.8. The van der Waals surface area contributed by atoms with Crippen molar-refractivity contribution in [2.45, 2.75) is 51.1 Å². The van der Waals surface area contributed by atoms with Crippen molar-refractivity contribution < 1.29 is 4.79 Å². The Morgan fingerprint density at radius 2 is 2.10 bits per heavy atom. The van der Waals surface area contributed by atoms with E-state index in [1.54, 1.807) is 25.1 Å². The Labute approximate surface area is 130 Å². The van der Waals surface area contributed by atoms with Crippen LogP contribution < -0.4 is 10.6 Å². The number of nitriles is 1. The molecule has 1 unspecified atom stereocenters. The number of anilines is 1. The number of hydrogen-bond donors (Lipinski definition) is 2. The summed E-state index contributed by atoms with van der Waals surface area (Å²) in [7, 11) is 0. The van der Waals surface area contributed by atoms with Crippen molar-refractivity contribution in [3.63, 3.8) is 0 Å². The van der Waals surface area contributed by atoms with Gasteiger partial charge in [0.2, 0.25) is 5.91 Å². The molecule has 2 rings (SSSR count). The van der Waals surface area contributed by atoms with Crippen LogP contribution >= 0.6 is 11.6 Å². The van der Waals surface area contributed by atoms with Crippen LogP contribution in [0.2, 0.25) is 5.02 Å². The highest BCUT2D eigenvalue weighted by Crippen LogP contribution is 2.24. The van der Waals surface area contributed by atoms with Crippen molar-refractivity contribution in [3.05, 3.63) is 28.8 Å². The Bertz CT molecular complexity index is 547. The Hall–Kier alpha value is -1.73. The first-order valence-electron chi connectivity index (χ1n) is 7.36. The number of carbonyl (C=O) groups excluding carboxylic acids is 1. The zero-order valence-electron chi connectivity index (χ0n) is 12.2. The molecule has 1 aliphatic rings. The molecular weight excluding hydrogens is 286 g/mol. The van der Waals surface area contributed by atoms with E-state index in [0.717, 1.165) is 12.8 Å². The maximum Gasteiger partial charge on any atom is 0.242 e. The number of benzene rings is 1. The predicted octanol–water partition coefficient (Wildman–Crippen LogP) is 3.46. The van der Waals surface area contributed by atoms with Crippen molar-refractivity contribution in [2.24, 2.45) is 0 Å². The fourth-order valence-corrected chi connectivity index (χ4v) is 2.75. The highest BCUT2D eigenvalue weighted by molar-refractivity contribution is 6.33. The number of halogens is 1. The summed E-state index contributed by atoms with van der Waals surface area (Å²) >= 11 is 6.09. The van der Waals surface area contributed by atoms with Gasteiger partial charge in [-0.2, -0.15) is 5.26 Å². The van der Waals surface area contributed by atoms with Crippen molar-refractivity contribution in [1.82, 2.24) is 5.32 Å². The van der Waals surface area contributed by atoms with E-state index in [-0.39, 0.29) is 11.9 Å². The van der Waals surface area contributed by atoms with Crippen LogP contribution in [0.25, 0.3) is 0 Å². The van der Waals surface area contributed by atoms with Crippen LogP contribution in [0.1, 0.15) is 44.6 Å². The monoisotopic (exact) mass is 305 g/mol. The van der Waals surface area contributed by atoms with E-state index in [4.69, 9.17) is 16.9 Å². The third-order valence-electron chi connectivity index (χ3n) is 3.81. The molecule has 1 atom stereocenters. The summed E-state index contributed by atoms with van der Waals surface area (Å²) in [4.78, 5) is 12.2. The molecule has 1 saturated carbocycles. The Morgan fingerprint density at radius 3 is 2.76 bits per heavy atom. The first kappa shape index (κ1) is 15.7. The first-order valence-corrected chi connectivity index (χ1v) is 7.74. The van der Waals surface area contributed by atoms with Crippen molar-refractivity contribution in [1.29, 1.82) is 5.26 Å². The van der Waals surface area contributed by atoms with Crippen molar-refractivity contribution >= 4 is 23.2 Å². The maximum absolute atomic E-state index is 12.2. The number of carbonyl (C=O) groups is 1. The minimum absolute atomic E-state index is 0.0275. The lowest BCUT2D eigenvalue weighted by molar-refractivity contribution is -0.122. The second-order valence-electron chi connectivity index (χ2n) is 5.52. The summed E-state index contributed by atoms with van der Waals surface area (Å²) in [5.74, 6) is -0.0275. The number of nitrogens with zero attached hydrogens (tertiary/aromatic N) is 1. The maximum atomic E-state index is 12.2. The molecule has 0 heterocycles. The third kappa shape index (κ3) is 4.37. The number of hydrogen-bond acceptors (Lipinski definition) is 3. The second-order valence-corrected chi connectivity index (χ2v) is 5.92. The van der Waals surface area contributed by atoms with Crippen LogP contribution in [0, 0.1) is 11.3 Å². The Morgan fingerprint density at radius 1 is 1.38 bits per heavy atom. The third-order valence-corrected chi connectivity index (χ3v) is 4.14. The van der Waals surface area contributed by atoms with E-state index in [9.17, 15) is 4.79 Å². The van der Waals surface area contributed by atoms with Crippen LogP contribution in [0.3, 0.4) is 0 Å². The minimum Gasteiger partial charge on any atom is -0.373 e. The lowest BCUT2D eigenvalue weighted by Gasteiger charge is -2.25. The Balaban J connectivity index is 1.95. The van der Waals surface area contributed by atoms with E-state index < -0.39 is 6.04 Å². The van der Waals surface area contributed by atoms with Gasteiger partial charge >= 0.3 is 0 Å². The lowest BCUT2D eigenvalue weighted by atomic mass is 9.95. The number of rotatable bonds is 4. The van der Waals surface area contributed by atoms with Crippen LogP contribution in [-0.2, 0) is 4.79 Å². The van der Waals surface area contributed by atoms with E-state index in [0.29, 0.717) is 16.3 Å². The van der Waals surface area contributed by atoms with E-state index in [1.165, 1.54) is 19.3 Å². The molecule has 4 nitrogen and oxygen atoms in total. The molecule has 21 heavy (non-hydrogen) atoms. The van der Waals surface area contributed by atoms with Crippen molar-refractivity contribution in [2.75, 3.05) is 5.32 Å². The SMILES string of the molecule is CC(Nc1cc(C#N)ccc1Cl)C(=O)NC1CCCCC1. The first-order chi connectivity index (χ1) is 10.1. The average Bonchev–Trinajstić information content (AvgIpc) is 2.50. The number of nitrogens with one attached hydrogen (secondary N) is 2. The zero-order valence-corrected chi connectivity index (χ0v) is 12.9. The van der Waals surface area contributed by atoms with Gasteiger partial charge in [0.25, 0.3) is 0 Å². The van der Waals surface area contributed by atoms with Gasteiger partial charge < -0.3 is 10.6 Å². The van der Waals surface area contributed by atoms with Gasteiger partial charge in [-0.25, -0.2) is 0 Å². The van der Waals surface area contributed by atoms with Crippen molar-refractivity contribution in [3.8, 4) is 6.07 Å². The van der Waals surface area contributed by atoms with Crippen LogP contribution in [-0.4, -0.2) is 18.0 Å². The molecule has 0 saturated heterocycles. The largest absolute Gasteiger partial charge is 0.373 e. The summed E-state index contributed by atoms with van der Waals surface area (Å²) < 4.78 is 0. The number of amides is 1. The predicted molar refractivity (Wildman–Crippen MR) is 84.3 cm³/mol. The summed E-state index contributed by atoms with van der Waals surface area (Å²) in [6.45, 7) is 1.80. The molecular formula is C16H20ClN3O. The van der Waals surface area contributed by atoms with Gasteiger partial charge in [0, 0.05) is 6.04 Å². The molecule has 0 aliphatic heterocycles. The molecule has 1 aromatic rings. The highest BCUT2D eigenvalue weighted by atomic mass is 35.5. The molecule has 0 aromatic heterocycles. The van der Waals surface area contributed by atoms with E-state index >= 15 is 0 Å². The molecule has 0 spiro atoms. The summed E-state index contributed by atoms with van der Waals surface area (Å²) in [5, 5.41) is 15.6. The van der Waals surface area contributed by atoms with Gasteiger partial charge in [-0.1, -0.05) is 30.9 Å². The molecule has 5 heteroatoms. The van der Waals surface area contributed by atoms with E-state index in [1.807, 2.05) is 0 Å². The van der Waals surface area contributed by atoms with Gasteiger partial charge in [0.15, 0.2) is 0 Å². The molecule has 0 bridgehead atoms. The molecule has 1 fully saturated rings. The highest BCUT2D eigenvalue weighted by Gasteiger charge is 2.20. The molecule has 1 aliphatic carbocycles. The fourth-order valence-electron chi connectivity index (χ4n) is 2.58. The zero-order chi connectivity index (χ0) is 15.2. The quantitative estimate of drug-likeness (QED) is 0.895. The average molecular weight is 306 g/mol. The topological polar surface area (TPSA) is 64.9 Å². The summed E-state index contributed by atoms with van der Waals surface area (Å²) in [6.07, 6.45) is 5.74. The lowest BCUT2D eigenvalue weighted by Crippen LogP contribution is -2.44. The van der Waals surface area contributed by atoms with Crippen LogP contribution in [0.15, 0.2) is 18.2 Å². The Kier molecular flexibility index (Phi) is 5.46. The standard InChI is InChI=1S/C16H20ClN3O/c1-11(16(21)20-13-5-3-2-4-6-13)19-15-9-12(10-18)7-8-14(15)17/h7-9,11,13,19H,2-6H2,1H3,(H,20,21). The molecule has 112 valence electrons. The molecule has 1 amide bonds. The van der Waals surface area contributed by atoms with Gasteiger partial charge in [-0.15, -0.1) is 0 Å². The summed E-state index contributed by atoms with van der Waals surface area (Å²) in [6, 6.07) is 6.93. The smallest absolute Gasteiger partial charge is 0.242 e. The van der Waals surface area contributed by atoms with E-state index in [2.05, 4.69) is 16.7 Å².